The first-order valence-electron chi connectivity index (χ1n) is 8.25. The van der Waals surface area contributed by atoms with Crippen molar-refractivity contribution in [3.05, 3.63) is 41.0 Å². The number of aromatic carboxylic acids is 1. The number of carboxylic acid groups (broad SMARTS) is 1. The molecule has 1 heterocycles. The fraction of sp³-hybridized carbons (Fsp3) is 0.278. The minimum absolute atomic E-state index is 0.0289. The van der Waals surface area contributed by atoms with Crippen molar-refractivity contribution in [3.8, 4) is 11.5 Å². The van der Waals surface area contributed by atoms with E-state index in [4.69, 9.17) is 31.3 Å². The topological polar surface area (TPSA) is 138 Å². The Morgan fingerprint density at radius 3 is 2.66 bits per heavy atom. The Morgan fingerprint density at radius 1 is 1.31 bits per heavy atom. The molecule has 0 unspecified atom stereocenters. The Bertz CT molecular complexity index is 864. The standard InChI is InChI=1S/C18H19ClN2O7S/c1-27-15-5-14(28-8-11(23)7-22)12(19)4-13(15)21-16(24)9-29-17-3-2-10(6-20-17)18(25)26/h2-6,11,22-23H,7-9H2,1H3,(H,21,24)(H,25,26)/t11-/m1/s1. The fourth-order valence-corrected chi connectivity index (χ4v) is 2.93. The van der Waals surface area contributed by atoms with Gasteiger partial charge in [-0.15, -0.1) is 0 Å². The monoisotopic (exact) mass is 442 g/mol. The van der Waals surface area contributed by atoms with Crippen molar-refractivity contribution in [1.82, 2.24) is 4.98 Å². The van der Waals surface area contributed by atoms with E-state index in [1.54, 1.807) is 0 Å². The highest BCUT2D eigenvalue weighted by molar-refractivity contribution is 7.99. The number of aliphatic hydroxyl groups is 2. The minimum Gasteiger partial charge on any atom is -0.494 e. The molecule has 1 aromatic carbocycles. The number of hydrogen-bond donors (Lipinski definition) is 4. The molecule has 9 nitrogen and oxygen atoms in total. The van der Waals surface area contributed by atoms with Crippen molar-refractivity contribution >= 4 is 40.9 Å². The molecule has 4 N–H and O–H groups in total. The van der Waals surface area contributed by atoms with Crippen LogP contribution in [0.5, 0.6) is 11.5 Å². The summed E-state index contributed by atoms with van der Waals surface area (Å²) in [5.41, 5.74) is 0.388. The predicted molar refractivity (Wildman–Crippen MR) is 107 cm³/mol. The lowest BCUT2D eigenvalue weighted by Gasteiger charge is -2.15. The van der Waals surface area contributed by atoms with Gasteiger partial charge >= 0.3 is 5.97 Å². The van der Waals surface area contributed by atoms with Crippen LogP contribution in [0, 0.1) is 0 Å². The van der Waals surface area contributed by atoms with Crippen LogP contribution in [0.1, 0.15) is 10.4 Å². The number of pyridine rings is 1. The molecule has 2 rings (SSSR count). The second kappa shape index (κ2) is 10.9. The zero-order valence-electron chi connectivity index (χ0n) is 15.3. The molecule has 1 atom stereocenters. The molecule has 29 heavy (non-hydrogen) atoms. The van der Waals surface area contributed by atoms with Crippen LogP contribution >= 0.6 is 23.4 Å². The Morgan fingerprint density at radius 2 is 2.07 bits per heavy atom. The van der Waals surface area contributed by atoms with Gasteiger partial charge in [0.25, 0.3) is 0 Å². The van der Waals surface area contributed by atoms with Crippen LogP contribution in [0.3, 0.4) is 0 Å². The summed E-state index contributed by atoms with van der Waals surface area (Å²) >= 11 is 7.28. The van der Waals surface area contributed by atoms with Crippen molar-refractivity contribution in [3.63, 3.8) is 0 Å². The summed E-state index contributed by atoms with van der Waals surface area (Å²) < 4.78 is 10.6. The van der Waals surface area contributed by atoms with E-state index in [-0.39, 0.29) is 34.6 Å². The second-order valence-electron chi connectivity index (χ2n) is 5.66. The van der Waals surface area contributed by atoms with Gasteiger partial charge < -0.3 is 30.1 Å². The van der Waals surface area contributed by atoms with Crippen LogP contribution in [0.4, 0.5) is 5.69 Å². The number of thioether (sulfide) groups is 1. The number of ether oxygens (including phenoxy) is 2. The van der Waals surface area contributed by atoms with E-state index in [1.807, 2.05) is 0 Å². The lowest BCUT2D eigenvalue weighted by Crippen LogP contribution is -2.21. The van der Waals surface area contributed by atoms with E-state index < -0.39 is 18.7 Å². The van der Waals surface area contributed by atoms with Crippen LogP contribution in [-0.2, 0) is 4.79 Å². The van der Waals surface area contributed by atoms with Crippen LogP contribution in [0.15, 0.2) is 35.5 Å². The van der Waals surface area contributed by atoms with Crippen LogP contribution in [0.2, 0.25) is 5.02 Å². The third kappa shape index (κ3) is 6.79. The molecule has 0 radical (unpaired) electrons. The van der Waals surface area contributed by atoms with Crippen LogP contribution in [0.25, 0.3) is 0 Å². The number of halogens is 1. The quantitative estimate of drug-likeness (QED) is 0.406. The summed E-state index contributed by atoms with van der Waals surface area (Å²) in [7, 11) is 1.41. The highest BCUT2D eigenvalue weighted by Crippen LogP contribution is 2.36. The number of carboxylic acids is 1. The predicted octanol–water partition coefficient (Wildman–Crippen LogP) is 1.90. The van der Waals surface area contributed by atoms with Crippen molar-refractivity contribution in [1.29, 1.82) is 0 Å². The molecule has 0 spiro atoms. The van der Waals surface area contributed by atoms with Crippen molar-refractivity contribution in [2.45, 2.75) is 11.1 Å². The Labute approximate surface area is 175 Å². The normalized spacial score (nSPS) is 11.6. The van der Waals surface area contributed by atoms with E-state index >= 15 is 0 Å². The molecule has 0 aliphatic carbocycles. The van der Waals surface area contributed by atoms with Crippen LogP contribution in [-0.4, -0.2) is 64.4 Å². The molecular weight excluding hydrogens is 424 g/mol. The number of carbonyl (C=O) groups excluding carboxylic acids is 1. The number of hydrogen-bond acceptors (Lipinski definition) is 8. The second-order valence-corrected chi connectivity index (χ2v) is 7.06. The zero-order valence-corrected chi connectivity index (χ0v) is 16.9. The third-order valence-electron chi connectivity index (χ3n) is 3.50. The lowest BCUT2D eigenvalue weighted by molar-refractivity contribution is -0.113. The van der Waals surface area contributed by atoms with E-state index in [0.29, 0.717) is 16.5 Å². The molecule has 11 heteroatoms. The number of nitrogens with zero attached hydrogens (tertiary/aromatic N) is 1. The van der Waals surface area contributed by atoms with Gasteiger partial charge in [0.2, 0.25) is 5.91 Å². The summed E-state index contributed by atoms with van der Waals surface area (Å²) in [6.07, 6.45) is 0.171. The summed E-state index contributed by atoms with van der Waals surface area (Å²) in [5, 5.41) is 30.4. The first kappa shape index (κ1) is 22.8. The fourth-order valence-electron chi connectivity index (χ4n) is 2.07. The number of methoxy groups -OCH3 is 1. The summed E-state index contributed by atoms with van der Waals surface area (Å²) in [6.45, 7) is -0.607. The highest BCUT2D eigenvalue weighted by Gasteiger charge is 2.15. The lowest BCUT2D eigenvalue weighted by atomic mass is 10.2. The van der Waals surface area contributed by atoms with E-state index in [0.717, 1.165) is 11.8 Å². The van der Waals surface area contributed by atoms with Crippen LogP contribution < -0.4 is 14.8 Å². The maximum atomic E-state index is 12.2. The molecule has 0 aliphatic heterocycles. The molecule has 0 aliphatic rings. The number of carbonyl (C=O) groups is 2. The van der Waals surface area contributed by atoms with Gasteiger partial charge in [0.15, 0.2) is 0 Å². The van der Waals surface area contributed by atoms with Gasteiger partial charge in [0.05, 0.1) is 40.8 Å². The number of anilines is 1. The zero-order chi connectivity index (χ0) is 21.4. The van der Waals surface area contributed by atoms with Gasteiger partial charge in [-0.05, 0) is 18.2 Å². The molecule has 0 fully saturated rings. The Hall–Kier alpha value is -2.53. The largest absolute Gasteiger partial charge is 0.494 e. The number of aromatic nitrogens is 1. The first-order chi connectivity index (χ1) is 13.8. The smallest absolute Gasteiger partial charge is 0.337 e. The SMILES string of the molecule is COc1cc(OC[C@H](O)CO)c(Cl)cc1NC(=O)CSc1ccc(C(=O)O)cn1. The Kier molecular flexibility index (Phi) is 8.52. The molecule has 156 valence electrons. The first-order valence-corrected chi connectivity index (χ1v) is 9.61. The van der Waals surface area contributed by atoms with Gasteiger partial charge in [0, 0.05) is 12.3 Å². The molecule has 1 aromatic heterocycles. The van der Waals surface area contributed by atoms with E-state index in [2.05, 4.69) is 10.3 Å². The molecule has 0 saturated heterocycles. The van der Waals surface area contributed by atoms with E-state index in [1.165, 1.54) is 37.6 Å². The van der Waals surface area contributed by atoms with Gasteiger partial charge in [0.1, 0.15) is 24.2 Å². The number of benzene rings is 1. The maximum absolute atomic E-state index is 12.2. The van der Waals surface area contributed by atoms with Gasteiger partial charge in [-0.25, -0.2) is 9.78 Å². The van der Waals surface area contributed by atoms with Gasteiger partial charge in [-0.2, -0.15) is 0 Å². The summed E-state index contributed by atoms with van der Waals surface area (Å²) in [6, 6.07) is 5.83. The molecular formula is C18H19ClN2O7S. The minimum atomic E-state index is -1.07. The highest BCUT2D eigenvalue weighted by atomic mass is 35.5. The molecule has 1 amide bonds. The molecule has 0 saturated carbocycles. The Balaban J connectivity index is 1.99. The molecule has 0 bridgehead atoms. The number of aliphatic hydroxyl groups excluding tert-OH is 2. The summed E-state index contributed by atoms with van der Waals surface area (Å²) in [5.74, 6) is -0.871. The summed E-state index contributed by atoms with van der Waals surface area (Å²) in [4.78, 5) is 27.0. The number of amides is 1. The maximum Gasteiger partial charge on any atom is 0.337 e. The van der Waals surface area contributed by atoms with Crippen molar-refractivity contribution < 1.29 is 34.4 Å². The van der Waals surface area contributed by atoms with Gasteiger partial charge in [-0.3, -0.25) is 4.79 Å². The average molecular weight is 443 g/mol. The number of nitrogens with one attached hydrogen (secondary N) is 1. The third-order valence-corrected chi connectivity index (χ3v) is 4.74. The average Bonchev–Trinajstić information content (AvgIpc) is 2.71. The molecule has 2 aromatic rings. The van der Waals surface area contributed by atoms with Crippen molar-refractivity contribution in [2.75, 3.05) is 31.4 Å². The van der Waals surface area contributed by atoms with Gasteiger partial charge in [-0.1, -0.05) is 23.4 Å². The number of rotatable bonds is 10. The van der Waals surface area contributed by atoms with Crippen molar-refractivity contribution in [2.24, 2.45) is 0 Å². The van der Waals surface area contributed by atoms with E-state index in [9.17, 15) is 14.7 Å².